The molecule has 8 nitrogen and oxygen atoms in total. The van der Waals surface area contributed by atoms with E-state index in [1.165, 1.54) is 4.90 Å². The smallest absolute Gasteiger partial charge is 0.328 e. The number of fused-ring (bicyclic) bond motifs is 4. The molecule has 2 saturated heterocycles. The molecule has 6 rings (SSSR count). The Morgan fingerprint density at radius 3 is 2.71 bits per heavy atom. The zero-order valence-corrected chi connectivity index (χ0v) is 21.0. The fraction of sp³-hybridized carbons (Fsp3) is 0.385. The number of aromatic amines is 1. The second kappa shape index (κ2) is 8.36. The number of aromatic hydroxyl groups is 1. The van der Waals surface area contributed by atoms with Gasteiger partial charge in [0.2, 0.25) is 0 Å². The minimum absolute atomic E-state index is 0.123. The number of hydrogen-bond donors (Lipinski definition) is 2. The van der Waals surface area contributed by atoms with Gasteiger partial charge in [0.1, 0.15) is 17.3 Å². The number of carbonyl (C=O) groups is 2. The van der Waals surface area contributed by atoms with Crippen molar-refractivity contribution in [3.8, 4) is 5.75 Å². The Bertz CT molecular complexity index is 1330. The van der Waals surface area contributed by atoms with E-state index in [0.29, 0.717) is 32.7 Å². The summed E-state index contributed by atoms with van der Waals surface area (Å²) in [6.45, 7) is 5.78. The van der Waals surface area contributed by atoms with Crippen LogP contribution in [-0.2, 0) is 16.0 Å². The highest BCUT2D eigenvalue weighted by Gasteiger charge is 2.60. The topological polar surface area (TPSA) is 89.1 Å². The van der Waals surface area contributed by atoms with E-state index in [2.05, 4.69) is 31.9 Å². The first kappa shape index (κ1) is 22.6. The molecular formula is C26H27BrN4O4. The lowest BCUT2D eigenvalue weighted by atomic mass is 9.81. The number of phenolic OH excluding ortho intramolecular Hbond substituents is 1. The summed E-state index contributed by atoms with van der Waals surface area (Å²) in [4.78, 5) is 36.6. The SMILES string of the molecule is CC12Cc3c([nH]c4ccc(Br)cc34)C(c3cccc(O)c3)N1C(=O)N(CCN1CCOCC1)C2=O. The van der Waals surface area contributed by atoms with Gasteiger partial charge in [0.05, 0.1) is 13.2 Å². The van der Waals surface area contributed by atoms with Crippen LogP contribution in [0.2, 0.25) is 0 Å². The van der Waals surface area contributed by atoms with Crippen LogP contribution < -0.4 is 0 Å². The monoisotopic (exact) mass is 538 g/mol. The van der Waals surface area contributed by atoms with Crippen molar-refractivity contribution in [2.45, 2.75) is 24.9 Å². The Morgan fingerprint density at radius 2 is 1.94 bits per heavy atom. The van der Waals surface area contributed by atoms with Gasteiger partial charge < -0.3 is 14.8 Å². The lowest BCUT2D eigenvalue weighted by Gasteiger charge is -2.42. The van der Waals surface area contributed by atoms with Gasteiger partial charge in [-0.3, -0.25) is 19.5 Å². The fourth-order valence-corrected chi connectivity index (χ4v) is 6.15. The summed E-state index contributed by atoms with van der Waals surface area (Å²) in [5.74, 6) is -0.0479. The summed E-state index contributed by atoms with van der Waals surface area (Å²) < 4.78 is 6.38. The number of benzene rings is 2. The van der Waals surface area contributed by atoms with Crippen LogP contribution in [0, 0.1) is 0 Å². The molecule has 2 N–H and O–H groups in total. The number of urea groups is 1. The number of amides is 3. The lowest BCUT2D eigenvalue weighted by Crippen LogP contribution is -2.53. The van der Waals surface area contributed by atoms with Crippen molar-refractivity contribution in [3.05, 3.63) is 63.8 Å². The van der Waals surface area contributed by atoms with E-state index in [9.17, 15) is 14.7 Å². The molecule has 9 heteroatoms. The maximum absolute atomic E-state index is 13.9. The Hall–Kier alpha value is -2.88. The number of imide groups is 1. The van der Waals surface area contributed by atoms with Crippen LogP contribution in [0.3, 0.4) is 0 Å². The summed E-state index contributed by atoms with van der Waals surface area (Å²) in [5, 5.41) is 11.3. The number of nitrogens with one attached hydrogen (secondary N) is 1. The lowest BCUT2D eigenvalue weighted by molar-refractivity contribution is -0.133. The second-order valence-electron chi connectivity index (χ2n) is 9.72. The third-order valence-corrected chi connectivity index (χ3v) is 8.05. The van der Waals surface area contributed by atoms with Gasteiger partial charge in [0, 0.05) is 53.7 Å². The van der Waals surface area contributed by atoms with Crippen LogP contribution >= 0.6 is 15.9 Å². The minimum Gasteiger partial charge on any atom is -0.508 e. The predicted molar refractivity (Wildman–Crippen MR) is 134 cm³/mol. The van der Waals surface area contributed by atoms with Crippen molar-refractivity contribution < 1.29 is 19.4 Å². The van der Waals surface area contributed by atoms with Gasteiger partial charge in [-0.1, -0.05) is 28.1 Å². The standard InChI is InChI=1S/C26H27BrN4O4/c1-26-15-20-19-14-17(27)5-6-21(19)28-22(20)23(16-3-2-4-18(32)13-16)31(26)25(34)30(24(26)33)8-7-29-9-11-35-12-10-29/h2-6,13-14,23,28,32H,7-12,15H2,1H3. The predicted octanol–water partition coefficient (Wildman–Crippen LogP) is 3.64. The van der Waals surface area contributed by atoms with Gasteiger partial charge in [0.25, 0.3) is 5.91 Å². The highest BCUT2D eigenvalue weighted by atomic mass is 79.9. The average molecular weight is 539 g/mol. The van der Waals surface area contributed by atoms with Crippen LogP contribution in [0.1, 0.15) is 29.8 Å². The molecule has 182 valence electrons. The Labute approximate surface area is 211 Å². The highest BCUT2D eigenvalue weighted by molar-refractivity contribution is 9.10. The molecular weight excluding hydrogens is 512 g/mol. The third-order valence-electron chi connectivity index (χ3n) is 7.56. The van der Waals surface area contributed by atoms with Crippen molar-refractivity contribution in [1.29, 1.82) is 0 Å². The van der Waals surface area contributed by atoms with Crippen LogP contribution in [0.4, 0.5) is 4.79 Å². The largest absolute Gasteiger partial charge is 0.508 e. The van der Waals surface area contributed by atoms with E-state index in [4.69, 9.17) is 4.74 Å². The molecule has 0 aliphatic carbocycles. The van der Waals surface area contributed by atoms with Gasteiger partial charge in [-0.05, 0) is 48.4 Å². The number of nitrogens with zero attached hydrogens (tertiary/aromatic N) is 3. The van der Waals surface area contributed by atoms with Crippen LogP contribution in [0.5, 0.6) is 5.75 Å². The number of halogens is 1. The number of ether oxygens (including phenoxy) is 1. The molecule has 2 fully saturated rings. The molecule has 0 saturated carbocycles. The number of hydrogen-bond acceptors (Lipinski definition) is 5. The second-order valence-corrected chi connectivity index (χ2v) is 10.6. The van der Waals surface area contributed by atoms with E-state index in [1.54, 1.807) is 23.1 Å². The molecule has 3 amide bonds. The van der Waals surface area contributed by atoms with Crippen LogP contribution in [0.15, 0.2) is 46.9 Å². The van der Waals surface area contributed by atoms with Crippen molar-refractivity contribution in [2.75, 3.05) is 39.4 Å². The number of H-pyrrole nitrogens is 1. The quantitative estimate of drug-likeness (QED) is 0.495. The van der Waals surface area contributed by atoms with Gasteiger partial charge in [0.15, 0.2) is 0 Å². The third kappa shape index (κ3) is 3.56. The highest BCUT2D eigenvalue weighted by Crippen LogP contribution is 2.49. The van der Waals surface area contributed by atoms with Crippen molar-refractivity contribution in [2.24, 2.45) is 0 Å². The van der Waals surface area contributed by atoms with E-state index in [-0.39, 0.29) is 17.7 Å². The Morgan fingerprint density at radius 1 is 1.14 bits per heavy atom. The summed E-state index contributed by atoms with van der Waals surface area (Å²) >= 11 is 3.57. The van der Waals surface area contributed by atoms with Gasteiger partial charge in [-0.15, -0.1) is 0 Å². The summed E-state index contributed by atoms with van der Waals surface area (Å²) in [6.07, 6.45) is 0.423. The average Bonchev–Trinajstić information content (AvgIpc) is 3.28. The van der Waals surface area contributed by atoms with Crippen molar-refractivity contribution >= 4 is 38.8 Å². The molecule has 0 bridgehead atoms. The fourth-order valence-electron chi connectivity index (χ4n) is 5.79. The van der Waals surface area contributed by atoms with Gasteiger partial charge >= 0.3 is 6.03 Å². The zero-order chi connectivity index (χ0) is 24.3. The van der Waals surface area contributed by atoms with Gasteiger partial charge in [-0.2, -0.15) is 0 Å². The minimum atomic E-state index is -1.03. The van der Waals surface area contributed by atoms with Crippen molar-refractivity contribution in [3.63, 3.8) is 0 Å². The summed E-state index contributed by atoms with van der Waals surface area (Å²) in [6, 6.07) is 12.2. The Kier molecular flexibility index (Phi) is 5.39. The maximum atomic E-state index is 13.9. The first-order valence-electron chi connectivity index (χ1n) is 11.9. The molecule has 2 aromatic carbocycles. The van der Waals surface area contributed by atoms with Gasteiger partial charge in [-0.25, -0.2) is 4.79 Å². The van der Waals surface area contributed by atoms with Crippen molar-refractivity contribution in [1.82, 2.24) is 19.7 Å². The molecule has 4 heterocycles. The molecule has 3 aliphatic rings. The molecule has 0 spiro atoms. The number of aromatic nitrogens is 1. The Balaban J connectivity index is 1.45. The number of morpholine rings is 1. The molecule has 0 radical (unpaired) electrons. The van der Waals surface area contributed by atoms with Crippen LogP contribution in [-0.4, -0.2) is 81.7 Å². The normalized spacial score (nSPS) is 24.8. The van der Waals surface area contributed by atoms with E-state index in [1.807, 2.05) is 25.1 Å². The van der Waals surface area contributed by atoms with E-state index < -0.39 is 11.6 Å². The first-order valence-corrected chi connectivity index (χ1v) is 12.7. The molecule has 35 heavy (non-hydrogen) atoms. The first-order chi connectivity index (χ1) is 16.9. The summed E-state index contributed by atoms with van der Waals surface area (Å²) in [5.41, 5.74) is 2.61. The number of rotatable bonds is 4. The maximum Gasteiger partial charge on any atom is 0.328 e. The molecule has 1 aromatic heterocycles. The van der Waals surface area contributed by atoms with Crippen LogP contribution in [0.25, 0.3) is 10.9 Å². The van der Waals surface area contributed by atoms with E-state index >= 15 is 0 Å². The molecule has 3 aromatic rings. The van der Waals surface area contributed by atoms with E-state index in [0.717, 1.165) is 45.3 Å². The molecule has 2 atom stereocenters. The molecule has 2 unspecified atom stereocenters. The molecule has 3 aliphatic heterocycles. The zero-order valence-electron chi connectivity index (χ0n) is 19.5. The summed E-state index contributed by atoms with van der Waals surface area (Å²) in [7, 11) is 0. The number of carbonyl (C=O) groups excluding carboxylic acids is 2. The number of phenols is 1.